The number of hydrogen-bond acceptors (Lipinski definition) is 4. The maximum atomic E-state index is 12.9. The molecule has 3 aromatic carbocycles. The third-order valence-electron chi connectivity index (χ3n) is 4.38. The Kier molecular flexibility index (Phi) is 5.98. The topological polar surface area (TPSA) is 94.8 Å². The quantitative estimate of drug-likeness (QED) is 0.239. The number of aromatic hydroxyl groups is 2. The molecule has 0 aliphatic rings. The van der Waals surface area contributed by atoms with E-state index in [1.807, 2.05) is 0 Å². The Morgan fingerprint density at radius 3 is 1.97 bits per heavy atom. The van der Waals surface area contributed by atoms with Crippen molar-refractivity contribution in [2.75, 3.05) is 0 Å². The van der Waals surface area contributed by atoms with Crippen LogP contribution >= 0.6 is 46.4 Å². The molecule has 0 aromatic heterocycles. The fourth-order valence-electron chi connectivity index (χ4n) is 3.18. The van der Waals surface area contributed by atoms with Crippen molar-refractivity contribution in [1.29, 1.82) is 0 Å². The number of hydrogen-bond donors (Lipinski definition) is 3. The number of rotatable bonds is 4. The molecule has 3 N–H and O–H groups in total. The Labute approximate surface area is 186 Å². The lowest BCUT2D eigenvalue weighted by Gasteiger charge is -2.33. The fourth-order valence-corrected chi connectivity index (χ4v) is 5.49. The van der Waals surface area contributed by atoms with Crippen LogP contribution in [0, 0.1) is 0 Å². The molecule has 1 unspecified atom stereocenters. The van der Waals surface area contributed by atoms with Crippen molar-refractivity contribution in [2.45, 2.75) is 4.75 Å². The molecule has 10 heteroatoms. The van der Waals surface area contributed by atoms with Gasteiger partial charge in [-0.25, -0.2) is 0 Å². The summed E-state index contributed by atoms with van der Waals surface area (Å²) in [6.07, 6.45) is 0. The predicted octanol–water partition coefficient (Wildman–Crippen LogP) is 5.89. The minimum absolute atomic E-state index is 0.0258. The molecule has 3 aromatic rings. The molecular weight excluding hydrogens is 482 g/mol. The van der Waals surface area contributed by atoms with Crippen LogP contribution in [0.15, 0.2) is 54.6 Å². The molecule has 0 saturated heterocycles. The highest BCUT2D eigenvalue weighted by Crippen LogP contribution is 2.50. The monoisotopic (exact) mass is 492 g/mol. The zero-order valence-electron chi connectivity index (χ0n) is 14.3. The minimum Gasteiger partial charge on any atom is -0.504 e. The van der Waals surface area contributed by atoms with Crippen molar-refractivity contribution in [1.82, 2.24) is 0 Å². The molecule has 0 radical (unpaired) electrons. The summed E-state index contributed by atoms with van der Waals surface area (Å²) in [5.41, 5.74) is -0.209. The van der Waals surface area contributed by atoms with Crippen molar-refractivity contribution in [3.8, 4) is 11.5 Å². The van der Waals surface area contributed by atoms with Gasteiger partial charge in [-0.05, 0) is 47.5 Å². The molecule has 0 saturated carbocycles. The van der Waals surface area contributed by atoms with Crippen LogP contribution in [0.25, 0.3) is 0 Å². The van der Waals surface area contributed by atoms with Crippen LogP contribution in [0.1, 0.15) is 16.7 Å². The van der Waals surface area contributed by atoms with E-state index >= 15 is 0 Å². The molecule has 152 valence electrons. The first-order valence-corrected chi connectivity index (χ1v) is 10.8. The van der Waals surface area contributed by atoms with E-state index in [0.29, 0.717) is 0 Å². The summed E-state index contributed by atoms with van der Waals surface area (Å²) < 4.78 is 34.0. The summed E-state index contributed by atoms with van der Waals surface area (Å²) in [5, 5.41) is 19.9. The van der Waals surface area contributed by atoms with Gasteiger partial charge < -0.3 is 10.2 Å². The summed E-state index contributed by atoms with van der Waals surface area (Å²) in [5.74, 6) is -1.33. The number of phenols is 2. The SMILES string of the molecule is O=S(=O)(O)C(c1cccc(Cl)c1)(c1cc(O)c(O)c(Cl)c1)c1ccc(Cl)cc1Cl. The first-order valence-electron chi connectivity index (χ1n) is 7.89. The van der Waals surface area contributed by atoms with E-state index in [2.05, 4.69) is 0 Å². The summed E-state index contributed by atoms with van der Waals surface area (Å²) in [7, 11) is -5.02. The van der Waals surface area contributed by atoms with Gasteiger partial charge in [0.1, 0.15) is 0 Å². The van der Waals surface area contributed by atoms with Gasteiger partial charge in [0.2, 0.25) is 0 Å². The second-order valence-corrected chi connectivity index (χ2v) is 9.37. The summed E-state index contributed by atoms with van der Waals surface area (Å²) in [6.45, 7) is 0. The van der Waals surface area contributed by atoms with Crippen LogP contribution in [0.5, 0.6) is 11.5 Å². The molecule has 0 amide bonds. The molecular formula is C19H12Cl4O5S. The van der Waals surface area contributed by atoms with Crippen LogP contribution in [0.3, 0.4) is 0 Å². The summed E-state index contributed by atoms with van der Waals surface area (Å²) in [6, 6.07) is 11.9. The fraction of sp³-hybridized carbons (Fsp3) is 0.0526. The van der Waals surface area contributed by atoms with Crippen molar-refractivity contribution in [3.63, 3.8) is 0 Å². The Morgan fingerprint density at radius 2 is 1.41 bits per heavy atom. The highest BCUT2D eigenvalue weighted by Gasteiger charge is 2.50. The standard InChI is InChI=1S/C19H12Cl4O5S/c20-12-3-1-2-10(6-12)19(29(26,27)28,14-5-4-13(21)9-15(14)22)11-7-16(23)18(25)17(24)8-11/h1-9,24-25H,(H,26,27,28). The lowest BCUT2D eigenvalue weighted by molar-refractivity contribution is 0.402. The zero-order valence-corrected chi connectivity index (χ0v) is 18.1. The second kappa shape index (κ2) is 7.87. The molecule has 3 rings (SSSR count). The first-order chi connectivity index (χ1) is 13.5. The van der Waals surface area contributed by atoms with Crippen molar-refractivity contribution >= 4 is 56.5 Å². The number of phenolic OH excluding ortho intramolecular Hbond substituents is 2. The van der Waals surface area contributed by atoms with Gasteiger partial charge in [-0.2, -0.15) is 8.42 Å². The van der Waals surface area contributed by atoms with Gasteiger partial charge in [0.05, 0.1) is 5.02 Å². The Hall–Kier alpha value is -1.67. The van der Waals surface area contributed by atoms with Gasteiger partial charge in [0.15, 0.2) is 16.2 Å². The highest BCUT2D eigenvalue weighted by molar-refractivity contribution is 7.87. The van der Waals surface area contributed by atoms with Crippen LogP contribution < -0.4 is 0 Å². The van der Waals surface area contributed by atoms with E-state index in [1.54, 1.807) is 0 Å². The largest absolute Gasteiger partial charge is 0.504 e. The van der Waals surface area contributed by atoms with Crippen LogP contribution in [0.2, 0.25) is 20.1 Å². The van der Waals surface area contributed by atoms with Crippen LogP contribution in [0.4, 0.5) is 0 Å². The molecule has 0 heterocycles. The number of halogens is 4. The molecule has 5 nitrogen and oxygen atoms in total. The van der Waals surface area contributed by atoms with Crippen molar-refractivity contribution in [2.24, 2.45) is 0 Å². The van der Waals surface area contributed by atoms with E-state index in [-0.39, 0.29) is 36.8 Å². The highest BCUT2D eigenvalue weighted by atomic mass is 35.5. The van der Waals surface area contributed by atoms with Gasteiger partial charge in [-0.15, -0.1) is 0 Å². The molecule has 0 bridgehead atoms. The van der Waals surface area contributed by atoms with Crippen molar-refractivity contribution < 1.29 is 23.2 Å². The average molecular weight is 494 g/mol. The average Bonchev–Trinajstić information content (AvgIpc) is 2.60. The second-order valence-electron chi connectivity index (χ2n) is 6.12. The van der Waals surface area contributed by atoms with Crippen LogP contribution in [-0.4, -0.2) is 23.2 Å². The Balaban J connectivity index is 2.58. The van der Waals surface area contributed by atoms with E-state index in [4.69, 9.17) is 46.4 Å². The summed E-state index contributed by atoms with van der Waals surface area (Å²) in [4.78, 5) is 0. The normalized spacial score (nSPS) is 13.8. The molecule has 29 heavy (non-hydrogen) atoms. The Morgan fingerprint density at radius 1 is 0.759 bits per heavy atom. The maximum absolute atomic E-state index is 12.9. The molecule has 0 aliphatic heterocycles. The van der Waals surface area contributed by atoms with Gasteiger partial charge >= 0.3 is 0 Å². The predicted molar refractivity (Wildman–Crippen MR) is 114 cm³/mol. The van der Waals surface area contributed by atoms with Gasteiger partial charge in [-0.1, -0.05) is 64.6 Å². The third-order valence-corrected chi connectivity index (χ3v) is 6.91. The minimum atomic E-state index is -5.02. The van der Waals surface area contributed by atoms with E-state index in [0.717, 1.165) is 12.1 Å². The number of benzene rings is 3. The smallest absolute Gasteiger partial charge is 0.283 e. The van der Waals surface area contributed by atoms with E-state index in [9.17, 15) is 23.2 Å². The molecule has 0 spiro atoms. The molecule has 0 aliphatic carbocycles. The first kappa shape index (κ1) is 22.0. The van der Waals surface area contributed by atoms with Gasteiger partial charge in [-0.3, -0.25) is 4.55 Å². The lowest BCUT2D eigenvalue weighted by atomic mass is 9.83. The maximum Gasteiger partial charge on any atom is 0.283 e. The van der Waals surface area contributed by atoms with Gasteiger partial charge in [0.25, 0.3) is 10.1 Å². The zero-order chi connectivity index (χ0) is 21.6. The molecule has 1 atom stereocenters. The third kappa shape index (κ3) is 3.77. The lowest BCUT2D eigenvalue weighted by Crippen LogP contribution is -2.38. The van der Waals surface area contributed by atoms with Gasteiger partial charge in [0, 0.05) is 20.6 Å². The summed E-state index contributed by atoms with van der Waals surface area (Å²) >= 11 is 24.4. The van der Waals surface area contributed by atoms with Crippen LogP contribution in [-0.2, 0) is 14.9 Å². The van der Waals surface area contributed by atoms with E-state index < -0.39 is 26.4 Å². The Bertz CT molecular complexity index is 1190. The van der Waals surface area contributed by atoms with Crippen molar-refractivity contribution in [3.05, 3.63) is 91.4 Å². The molecule has 0 fully saturated rings. The van der Waals surface area contributed by atoms with E-state index in [1.165, 1.54) is 42.5 Å².